The van der Waals surface area contributed by atoms with Gasteiger partial charge in [-0.25, -0.2) is 4.79 Å². The van der Waals surface area contributed by atoms with Gasteiger partial charge in [-0.05, 0) is 61.4 Å². The monoisotopic (exact) mass is 437 g/mol. The second-order valence-corrected chi connectivity index (χ2v) is 7.75. The maximum absolute atomic E-state index is 13.1. The van der Waals surface area contributed by atoms with Crippen molar-refractivity contribution in [3.63, 3.8) is 0 Å². The molecule has 8 nitrogen and oxygen atoms in total. The molecule has 0 unspecified atom stereocenters. The summed E-state index contributed by atoms with van der Waals surface area (Å²) in [6.45, 7) is 1.25. The van der Waals surface area contributed by atoms with E-state index in [9.17, 15) is 9.59 Å². The number of ether oxygens (including phenoxy) is 3. The lowest BCUT2D eigenvalue weighted by Crippen LogP contribution is -2.40. The van der Waals surface area contributed by atoms with Crippen molar-refractivity contribution in [2.75, 3.05) is 32.7 Å². The summed E-state index contributed by atoms with van der Waals surface area (Å²) in [7, 11) is 3.19. The minimum absolute atomic E-state index is 0.0451. The smallest absolute Gasteiger partial charge is 0.322 e. The second kappa shape index (κ2) is 9.74. The summed E-state index contributed by atoms with van der Waals surface area (Å²) in [5, 5.41) is 3.75. The fourth-order valence-electron chi connectivity index (χ4n) is 3.81. The SMILES string of the molecule is COc1ccc(NC(=O)N(Cc2cc3cc(OC)ccc3[nH]c2=O)C[C@H]2CCCO2)cc1. The number of hydrogen-bond donors (Lipinski definition) is 2. The van der Waals surface area contributed by atoms with E-state index < -0.39 is 0 Å². The van der Waals surface area contributed by atoms with Gasteiger partial charge >= 0.3 is 6.03 Å². The second-order valence-electron chi connectivity index (χ2n) is 7.75. The van der Waals surface area contributed by atoms with E-state index in [1.807, 2.05) is 6.07 Å². The number of fused-ring (bicyclic) bond motifs is 1. The van der Waals surface area contributed by atoms with Gasteiger partial charge in [-0.15, -0.1) is 0 Å². The number of amides is 2. The molecule has 1 saturated heterocycles. The molecule has 0 radical (unpaired) electrons. The van der Waals surface area contributed by atoms with Crippen LogP contribution in [0.15, 0.2) is 53.3 Å². The number of H-pyrrole nitrogens is 1. The first-order valence-electron chi connectivity index (χ1n) is 10.6. The lowest BCUT2D eigenvalue weighted by atomic mass is 10.1. The van der Waals surface area contributed by atoms with E-state index in [4.69, 9.17) is 14.2 Å². The van der Waals surface area contributed by atoms with Crippen LogP contribution >= 0.6 is 0 Å². The quantitative estimate of drug-likeness (QED) is 0.587. The highest BCUT2D eigenvalue weighted by molar-refractivity contribution is 5.89. The Kier molecular flexibility index (Phi) is 6.61. The first kappa shape index (κ1) is 21.7. The number of carbonyl (C=O) groups excluding carboxylic acids is 1. The average molecular weight is 437 g/mol. The van der Waals surface area contributed by atoms with E-state index in [1.165, 1.54) is 0 Å². The summed E-state index contributed by atoms with van der Waals surface area (Å²) < 4.78 is 16.2. The van der Waals surface area contributed by atoms with Crippen molar-refractivity contribution < 1.29 is 19.0 Å². The molecular weight excluding hydrogens is 410 g/mol. The van der Waals surface area contributed by atoms with Crippen LogP contribution in [-0.2, 0) is 11.3 Å². The van der Waals surface area contributed by atoms with Gasteiger partial charge in [-0.1, -0.05) is 0 Å². The fourth-order valence-corrected chi connectivity index (χ4v) is 3.81. The molecule has 3 aromatic rings. The molecule has 1 aliphatic heterocycles. The van der Waals surface area contributed by atoms with Crippen molar-refractivity contribution >= 4 is 22.6 Å². The summed E-state index contributed by atoms with van der Waals surface area (Å²) >= 11 is 0. The third-order valence-corrected chi connectivity index (χ3v) is 5.57. The third-order valence-electron chi connectivity index (χ3n) is 5.57. The first-order chi connectivity index (χ1) is 15.6. The van der Waals surface area contributed by atoms with Crippen LogP contribution in [0.2, 0.25) is 0 Å². The Morgan fingerprint density at radius 1 is 1.12 bits per heavy atom. The van der Waals surface area contributed by atoms with Gasteiger partial charge in [0.2, 0.25) is 0 Å². The Hall–Kier alpha value is -3.52. The highest BCUT2D eigenvalue weighted by atomic mass is 16.5. The number of nitrogens with one attached hydrogen (secondary N) is 2. The molecular formula is C24H27N3O5. The van der Waals surface area contributed by atoms with Crippen LogP contribution in [0, 0.1) is 0 Å². The standard InChI is InChI=1S/C24H27N3O5/c1-30-19-7-5-18(6-8-19)25-24(29)27(15-21-4-3-11-32-21)14-17-12-16-13-20(31-2)9-10-22(16)26-23(17)28/h5-10,12-13,21H,3-4,11,14-15H2,1-2H3,(H,25,29)(H,26,28)/t21-/m1/s1. The largest absolute Gasteiger partial charge is 0.497 e. The van der Waals surface area contributed by atoms with Gasteiger partial charge in [0.1, 0.15) is 11.5 Å². The van der Waals surface area contributed by atoms with Gasteiger partial charge in [-0.3, -0.25) is 4.79 Å². The van der Waals surface area contributed by atoms with E-state index in [1.54, 1.807) is 61.6 Å². The molecule has 4 rings (SSSR count). The highest BCUT2D eigenvalue weighted by Gasteiger charge is 2.24. The van der Waals surface area contributed by atoms with Gasteiger partial charge in [0.05, 0.1) is 26.9 Å². The summed E-state index contributed by atoms with van der Waals surface area (Å²) in [6, 6.07) is 14.1. The molecule has 32 heavy (non-hydrogen) atoms. The van der Waals surface area contributed by atoms with Crippen LogP contribution in [0.4, 0.5) is 10.5 Å². The zero-order chi connectivity index (χ0) is 22.5. The van der Waals surface area contributed by atoms with Crippen molar-refractivity contribution in [2.45, 2.75) is 25.5 Å². The van der Waals surface area contributed by atoms with Crippen molar-refractivity contribution in [1.29, 1.82) is 0 Å². The molecule has 168 valence electrons. The molecule has 2 heterocycles. The zero-order valence-electron chi connectivity index (χ0n) is 18.2. The Balaban J connectivity index is 1.58. The molecule has 1 atom stereocenters. The van der Waals surface area contributed by atoms with Crippen LogP contribution in [0.1, 0.15) is 18.4 Å². The number of nitrogens with zero attached hydrogens (tertiary/aromatic N) is 1. The summed E-state index contributed by atoms with van der Waals surface area (Å²) in [6.07, 6.45) is 1.81. The number of rotatable bonds is 7. The van der Waals surface area contributed by atoms with Gasteiger partial charge in [0.25, 0.3) is 5.56 Å². The lowest BCUT2D eigenvalue weighted by molar-refractivity contribution is 0.0818. The molecule has 8 heteroatoms. The third kappa shape index (κ3) is 5.03. The van der Waals surface area contributed by atoms with E-state index in [2.05, 4.69) is 10.3 Å². The number of benzene rings is 2. The van der Waals surface area contributed by atoms with E-state index in [0.29, 0.717) is 41.4 Å². The fraction of sp³-hybridized carbons (Fsp3) is 0.333. The minimum Gasteiger partial charge on any atom is -0.497 e. The molecule has 2 N–H and O–H groups in total. The molecule has 1 aliphatic rings. The number of aromatic amines is 1. The lowest BCUT2D eigenvalue weighted by Gasteiger charge is -2.26. The van der Waals surface area contributed by atoms with Crippen molar-refractivity contribution in [1.82, 2.24) is 9.88 Å². The van der Waals surface area contributed by atoms with Crippen LogP contribution < -0.4 is 20.3 Å². The first-order valence-corrected chi connectivity index (χ1v) is 10.6. The number of aromatic nitrogens is 1. The Morgan fingerprint density at radius 3 is 2.56 bits per heavy atom. The average Bonchev–Trinajstić information content (AvgIpc) is 3.32. The van der Waals surface area contributed by atoms with E-state index in [-0.39, 0.29) is 24.2 Å². The maximum Gasteiger partial charge on any atom is 0.322 e. The summed E-state index contributed by atoms with van der Waals surface area (Å²) in [5.41, 5.74) is 1.63. The number of carbonyl (C=O) groups is 1. The summed E-state index contributed by atoms with van der Waals surface area (Å²) in [4.78, 5) is 30.4. The van der Waals surface area contributed by atoms with E-state index in [0.717, 1.165) is 18.2 Å². The highest BCUT2D eigenvalue weighted by Crippen LogP contribution is 2.21. The Morgan fingerprint density at radius 2 is 1.88 bits per heavy atom. The molecule has 2 amide bonds. The van der Waals surface area contributed by atoms with Crippen molar-refractivity contribution in [3.8, 4) is 11.5 Å². The number of pyridine rings is 1. The molecule has 0 saturated carbocycles. The Bertz CT molecular complexity index is 1140. The van der Waals surface area contributed by atoms with Crippen LogP contribution in [0.25, 0.3) is 10.9 Å². The zero-order valence-corrected chi connectivity index (χ0v) is 18.2. The number of hydrogen-bond acceptors (Lipinski definition) is 5. The molecule has 0 aliphatic carbocycles. The number of urea groups is 1. The normalized spacial score (nSPS) is 15.5. The van der Waals surface area contributed by atoms with Crippen LogP contribution in [0.3, 0.4) is 0 Å². The Labute approximate surface area is 186 Å². The van der Waals surface area contributed by atoms with Crippen molar-refractivity contribution in [3.05, 3.63) is 64.4 Å². The molecule has 1 aromatic heterocycles. The van der Waals surface area contributed by atoms with Gasteiger partial charge in [0.15, 0.2) is 0 Å². The van der Waals surface area contributed by atoms with Gasteiger partial charge < -0.3 is 29.4 Å². The molecule has 1 fully saturated rings. The molecule has 0 bridgehead atoms. The van der Waals surface area contributed by atoms with Gasteiger partial charge in [0, 0.05) is 35.3 Å². The molecule has 2 aromatic carbocycles. The van der Waals surface area contributed by atoms with Crippen LogP contribution in [-0.4, -0.2) is 49.4 Å². The molecule has 0 spiro atoms. The van der Waals surface area contributed by atoms with Crippen molar-refractivity contribution in [2.24, 2.45) is 0 Å². The van der Waals surface area contributed by atoms with Crippen LogP contribution in [0.5, 0.6) is 11.5 Å². The van der Waals surface area contributed by atoms with E-state index >= 15 is 0 Å². The number of anilines is 1. The number of methoxy groups -OCH3 is 2. The predicted molar refractivity (Wildman–Crippen MR) is 123 cm³/mol. The summed E-state index contributed by atoms with van der Waals surface area (Å²) in [5.74, 6) is 1.40. The maximum atomic E-state index is 13.1. The predicted octanol–water partition coefficient (Wildman–Crippen LogP) is 3.76. The topological polar surface area (TPSA) is 92.9 Å². The minimum atomic E-state index is -0.296. The van der Waals surface area contributed by atoms with Gasteiger partial charge in [-0.2, -0.15) is 0 Å².